The predicted molar refractivity (Wildman–Crippen MR) is 119 cm³/mol. The molecule has 3 N–H and O–H groups in total. The summed E-state index contributed by atoms with van der Waals surface area (Å²) in [5, 5.41) is 3.17. The standard InChI is InChI=1S/C20H28N4.HI/c1-14-6-9-17(10-7-14)19(24(4)5)13-22-20(21)23-18-11-8-15(2)16(3)12-18;/h6-12,19H,13H2,1-5H3,(H3,21,22,23);1H. The highest BCUT2D eigenvalue weighted by Gasteiger charge is 2.13. The van der Waals surface area contributed by atoms with Gasteiger partial charge >= 0.3 is 0 Å². The van der Waals surface area contributed by atoms with Crippen molar-refractivity contribution in [3.05, 3.63) is 64.7 Å². The number of benzene rings is 2. The van der Waals surface area contributed by atoms with Crippen LogP contribution in [0.15, 0.2) is 47.5 Å². The van der Waals surface area contributed by atoms with Crippen molar-refractivity contribution in [3.8, 4) is 0 Å². The number of hydrogen-bond donors (Lipinski definition) is 2. The molecule has 5 heteroatoms. The number of rotatable bonds is 5. The largest absolute Gasteiger partial charge is 0.370 e. The molecule has 2 aromatic rings. The quantitative estimate of drug-likeness (QED) is 0.405. The number of nitrogens with two attached hydrogens (primary N) is 1. The van der Waals surface area contributed by atoms with Crippen molar-refractivity contribution in [3.63, 3.8) is 0 Å². The van der Waals surface area contributed by atoms with Crippen LogP contribution in [0, 0.1) is 20.8 Å². The minimum Gasteiger partial charge on any atom is -0.370 e. The maximum atomic E-state index is 6.06. The van der Waals surface area contributed by atoms with Gasteiger partial charge in [-0.05, 0) is 63.7 Å². The zero-order valence-electron chi connectivity index (χ0n) is 15.7. The molecule has 25 heavy (non-hydrogen) atoms. The molecule has 0 aliphatic heterocycles. The maximum Gasteiger partial charge on any atom is 0.193 e. The third-order valence-electron chi connectivity index (χ3n) is 4.30. The Morgan fingerprint density at radius 3 is 2.24 bits per heavy atom. The fraction of sp³-hybridized carbons (Fsp3) is 0.350. The van der Waals surface area contributed by atoms with Gasteiger partial charge in [-0.2, -0.15) is 0 Å². The molecule has 0 saturated carbocycles. The first-order chi connectivity index (χ1) is 11.4. The van der Waals surface area contributed by atoms with Gasteiger partial charge in [-0.3, -0.25) is 4.99 Å². The molecule has 0 radical (unpaired) electrons. The van der Waals surface area contributed by atoms with Crippen LogP contribution in [0.4, 0.5) is 5.69 Å². The molecular weight excluding hydrogens is 423 g/mol. The molecule has 0 aliphatic rings. The van der Waals surface area contributed by atoms with Crippen LogP contribution in [0.1, 0.15) is 28.3 Å². The number of likely N-dealkylation sites (N-methyl/N-ethyl adjacent to an activating group) is 1. The van der Waals surface area contributed by atoms with E-state index >= 15 is 0 Å². The van der Waals surface area contributed by atoms with Gasteiger partial charge in [-0.25, -0.2) is 0 Å². The van der Waals surface area contributed by atoms with E-state index in [9.17, 15) is 0 Å². The highest BCUT2D eigenvalue weighted by Crippen LogP contribution is 2.19. The average Bonchev–Trinajstić information content (AvgIpc) is 2.52. The fourth-order valence-electron chi connectivity index (χ4n) is 2.55. The highest BCUT2D eigenvalue weighted by atomic mass is 127. The number of hydrogen-bond acceptors (Lipinski definition) is 2. The van der Waals surface area contributed by atoms with E-state index in [-0.39, 0.29) is 30.0 Å². The van der Waals surface area contributed by atoms with Crippen molar-refractivity contribution in [2.45, 2.75) is 26.8 Å². The lowest BCUT2D eigenvalue weighted by atomic mass is 10.0. The van der Waals surface area contributed by atoms with Crippen LogP contribution < -0.4 is 11.1 Å². The Bertz CT molecular complexity index is 708. The smallest absolute Gasteiger partial charge is 0.193 e. The van der Waals surface area contributed by atoms with E-state index in [0.29, 0.717) is 12.5 Å². The lowest BCUT2D eigenvalue weighted by Gasteiger charge is -2.23. The summed E-state index contributed by atoms with van der Waals surface area (Å²) < 4.78 is 0. The number of aliphatic imine (C=N–C) groups is 1. The summed E-state index contributed by atoms with van der Waals surface area (Å²) in [6, 6.07) is 15.0. The molecule has 2 aromatic carbocycles. The van der Waals surface area contributed by atoms with Crippen LogP contribution in [0.2, 0.25) is 0 Å². The molecule has 0 heterocycles. The van der Waals surface area contributed by atoms with Crippen LogP contribution in [0.3, 0.4) is 0 Å². The minimum absolute atomic E-state index is 0. The Kier molecular flexibility index (Phi) is 8.38. The summed E-state index contributed by atoms with van der Waals surface area (Å²) in [5.74, 6) is 0.442. The van der Waals surface area contributed by atoms with Crippen LogP contribution in [0.25, 0.3) is 0 Å². The van der Waals surface area contributed by atoms with Gasteiger partial charge in [0.2, 0.25) is 0 Å². The lowest BCUT2D eigenvalue weighted by molar-refractivity contribution is 0.306. The first-order valence-electron chi connectivity index (χ1n) is 8.24. The molecule has 0 saturated heterocycles. The van der Waals surface area contributed by atoms with Crippen molar-refractivity contribution in [1.82, 2.24) is 4.90 Å². The second-order valence-electron chi connectivity index (χ2n) is 6.54. The van der Waals surface area contributed by atoms with Crippen molar-refractivity contribution in [2.75, 3.05) is 26.0 Å². The van der Waals surface area contributed by atoms with Crippen molar-refractivity contribution >= 4 is 35.6 Å². The summed E-state index contributed by atoms with van der Waals surface area (Å²) in [7, 11) is 4.12. The number of aryl methyl sites for hydroxylation is 3. The molecule has 0 amide bonds. The molecule has 0 aliphatic carbocycles. The number of anilines is 1. The molecule has 0 aromatic heterocycles. The van der Waals surface area contributed by atoms with Crippen molar-refractivity contribution in [2.24, 2.45) is 10.7 Å². The summed E-state index contributed by atoms with van der Waals surface area (Å²) in [6.07, 6.45) is 0. The molecule has 1 atom stereocenters. The van der Waals surface area contributed by atoms with E-state index in [0.717, 1.165) is 5.69 Å². The predicted octanol–water partition coefficient (Wildman–Crippen LogP) is 4.26. The number of halogens is 1. The zero-order valence-corrected chi connectivity index (χ0v) is 18.0. The van der Waals surface area contributed by atoms with Gasteiger partial charge in [0.05, 0.1) is 12.6 Å². The molecule has 4 nitrogen and oxygen atoms in total. The molecule has 0 fully saturated rings. The molecule has 0 bridgehead atoms. The summed E-state index contributed by atoms with van der Waals surface area (Å²) in [4.78, 5) is 6.70. The summed E-state index contributed by atoms with van der Waals surface area (Å²) in [5.41, 5.74) is 12.0. The zero-order chi connectivity index (χ0) is 17.7. The monoisotopic (exact) mass is 452 g/mol. The SMILES string of the molecule is Cc1ccc(C(CN=C(N)Nc2ccc(C)c(C)c2)N(C)C)cc1.I. The van der Waals surface area contributed by atoms with Crippen LogP contribution in [0.5, 0.6) is 0 Å². The average molecular weight is 452 g/mol. The topological polar surface area (TPSA) is 53.6 Å². The van der Waals surface area contributed by atoms with Gasteiger partial charge in [-0.1, -0.05) is 35.9 Å². The van der Waals surface area contributed by atoms with Gasteiger partial charge in [0.25, 0.3) is 0 Å². The van der Waals surface area contributed by atoms with E-state index < -0.39 is 0 Å². The maximum absolute atomic E-state index is 6.06. The van der Waals surface area contributed by atoms with E-state index in [1.54, 1.807) is 0 Å². The highest BCUT2D eigenvalue weighted by molar-refractivity contribution is 14.0. The van der Waals surface area contributed by atoms with Crippen LogP contribution in [-0.2, 0) is 0 Å². The Hall–Kier alpha value is -1.60. The van der Waals surface area contributed by atoms with Crippen LogP contribution >= 0.6 is 24.0 Å². The molecule has 136 valence electrons. The Morgan fingerprint density at radius 1 is 1.04 bits per heavy atom. The van der Waals surface area contributed by atoms with Gasteiger partial charge in [-0.15, -0.1) is 24.0 Å². The first kappa shape index (κ1) is 21.4. The van der Waals surface area contributed by atoms with E-state index in [1.807, 2.05) is 6.07 Å². The van der Waals surface area contributed by atoms with Crippen molar-refractivity contribution in [1.29, 1.82) is 0 Å². The molecule has 1 unspecified atom stereocenters. The van der Waals surface area contributed by atoms with Gasteiger partial charge < -0.3 is 16.0 Å². The third-order valence-corrected chi connectivity index (χ3v) is 4.30. The third kappa shape index (κ3) is 6.32. The van der Waals surface area contributed by atoms with Gasteiger partial charge in [0.1, 0.15) is 0 Å². The van der Waals surface area contributed by atoms with Crippen LogP contribution in [-0.4, -0.2) is 31.5 Å². The van der Waals surface area contributed by atoms with E-state index in [4.69, 9.17) is 5.73 Å². The fourth-order valence-corrected chi connectivity index (χ4v) is 2.55. The number of guanidine groups is 1. The molecule has 2 rings (SSSR count). The van der Waals surface area contributed by atoms with Gasteiger partial charge in [0.15, 0.2) is 5.96 Å². The normalized spacial score (nSPS) is 12.6. The second-order valence-corrected chi connectivity index (χ2v) is 6.54. The number of nitrogens with zero attached hydrogens (tertiary/aromatic N) is 2. The number of nitrogens with one attached hydrogen (secondary N) is 1. The summed E-state index contributed by atoms with van der Waals surface area (Å²) in [6.45, 7) is 6.89. The Labute approximate surface area is 168 Å². The lowest BCUT2D eigenvalue weighted by Crippen LogP contribution is -2.27. The molecule has 0 spiro atoms. The molecular formula is C20H29IN4. The Balaban J connectivity index is 0.00000312. The Morgan fingerprint density at radius 2 is 1.68 bits per heavy atom. The minimum atomic E-state index is 0. The van der Waals surface area contributed by atoms with E-state index in [1.165, 1.54) is 22.3 Å². The second kappa shape index (κ2) is 9.77. The van der Waals surface area contributed by atoms with Gasteiger partial charge in [0, 0.05) is 5.69 Å². The summed E-state index contributed by atoms with van der Waals surface area (Å²) >= 11 is 0. The van der Waals surface area contributed by atoms with Crippen molar-refractivity contribution < 1.29 is 0 Å². The van der Waals surface area contributed by atoms with E-state index in [2.05, 4.69) is 86.5 Å². The first-order valence-corrected chi connectivity index (χ1v) is 8.24.